The van der Waals surface area contributed by atoms with Crippen LogP contribution in [0.15, 0.2) is 12.2 Å². The highest BCUT2D eigenvalue weighted by atomic mass is 16.8. The van der Waals surface area contributed by atoms with Crippen LogP contribution in [0.25, 0.3) is 0 Å². The predicted molar refractivity (Wildman–Crippen MR) is 273 cm³/mol. The van der Waals surface area contributed by atoms with E-state index in [1.54, 1.807) is 6.08 Å². The summed E-state index contributed by atoms with van der Waals surface area (Å²) in [5.41, 5.74) is 0. The van der Waals surface area contributed by atoms with Gasteiger partial charge in [-0.25, -0.2) is 0 Å². The highest BCUT2D eigenvalue weighted by Gasteiger charge is 2.53. The first kappa shape index (κ1) is 60.8. The van der Waals surface area contributed by atoms with Crippen LogP contribution in [0.3, 0.4) is 0 Å². The summed E-state index contributed by atoms with van der Waals surface area (Å²) in [5, 5.41) is 120. The first-order valence-corrected chi connectivity index (χ1v) is 28.1. The number of nitrogens with one attached hydrogen (secondary N) is 1. The van der Waals surface area contributed by atoms with Crippen molar-refractivity contribution >= 4 is 5.91 Å². The molecule has 3 fully saturated rings. The third kappa shape index (κ3) is 24.0. The average Bonchev–Trinajstić information content (AvgIpc) is 3.39. The first-order valence-electron chi connectivity index (χ1n) is 29.6. The summed E-state index contributed by atoms with van der Waals surface area (Å²) in [6.07, 6.45) is 5.62. The Morgan fingerprint density at radius 2 is 0.918 bits per heavy atom. The van der Waals surface area contributed by atoms with Crippen molar-refractivity contribution in [3.8, 4) is 0 Å². The van der Waals surface area contributed by atoms with E-state index in [-0.39, 0.29) is 18.9 Å². The molecule has 0 radical (unpaired) electrons. The first-order chi connectivity index (χ1) is 36.5. The molecule has 3 heterocycles. The van der Waals surface area contributed by atoms with Gasteiger partial charge in [-0.05, 0) is 19.3 Å². The topological polar surface area (TPSA) is 307 Å². The molecule has 17 atom stereocenters. The minimum Gasteiger partial charge on any atom is -0.394 e. The van der Waals surface area contributed by atoms with Gasteiger partial charge < -0.3 is 89.9 Å². The fourth-order valence-corrected chi connectivity index (χ4v) is 9.71. The SMILES string of the molecule is [2H]C([2H])([2H])CCCCCCCCCCCCCCCCC(=O)N[C@@H](CO[C@@H]1O[C@H](CO)[C@@H](O[C@@H]2O[C@H](CO)[C@H](O[C@H]3O[C@H](CO)[C@H](O)[C@H](O)[C@H]3O)[C@H](O)[C@H]2O)[C@H](O)[C@H]1O)[C@H](O)/C=C/CCCCCCCCCCCCC. The van der Waals surface area contributed by atoms with Crippen molar-refractivity contribution in [3.63, 3.8) is 0 Å². The van der Waals surface area contributed by atoms with E-state index < -0.39 is 131 Å². The van der Waals surface area contributed by atoms with Gasteiger partial charge in [-0.1, -0.05) is 180 Å². The Hall–Kier alpha value is -1.47. The van der Waals surface area contributed by atoms with Crippen LogP contribution in [0.4, 0.5) is 0 Å². The molecule has 73 heavy (non-hydrogen) atoms. The Bertz CT molecular complexity index is 1500. The van der Waals surface area contributed by atoms with Crippen molar-refractivity contribution in [2.75, 3.05) is 26.4 Å². The molecule has 12 N–H and O–H groups in total. The zero-order valence-electron chi connectivity index (χ0n) is 46.9. The zero-order chi connectivity index (χ0) is 55.9. The van der Waals surface area contributed by atoms with Crippen molar-refractivity contribution in [3.05, 3.63) is 12.2 Å². The van der Waals surface area contributed by atoms with E-state index in [0.717, 1.165) is 83.5 Å². The molecule has 0 unspecified atom stereocenters. The summed E-state index contributed by atoms with van der Waals surface area (Å²) in [5.74, 6) is -0.300. The number of carbonyl (C=O) groups excluding carboxylic acids is 1. The third-order valence-corrected chi connectivity index (χ3v) is 14.4. The monoisotopic (exact) mass is 1050 g/mol. The van der Waals surface area contributed by atoms with Crippen molar-refractivity contribution in [1.29, 1.82) is 0 Å². The van der Waals surface area contributed by atoms with E-state index in [0.29, 0.717) is 12.8 Å². The maximum Gasteiger partial charge on any atom is 0.220 e. The van der Waals surface area contributed by atoms with Gasteiger partial charge in [0.15, 0.2) is 18.9 Å². The quantitative estimate of drug-likeness (QED) is 0.0306. The second kappa shape index (κ2) is 39.0. The summed E-state index contributed by atoms with van der Waals surface area (Å²) < 4.78 is 56.0. The lowest BCUT2D eigenvalue weighted by Crippen LogP contribution is -2.66. The van der Waals surface area contributed by atoms with Gasteiger partial charge in [0, 0.05) is 10.5 Å². The highest BCUT2D eigenvalue weighted by molar-refractivity contribution is 5.76. The molecule has 0 aromatic rings. The number of amides is 1. The molecule has 19 nitrogen and oxygen atoms in total. The molecule has 3 saturated heterocycles. The van der Waals surface area contributed by atoms with Gasteiger partial charge in [0.2, 0.25) is 5.91 Å². The minimum atomic E-state index is -1.98. The molecular formula is C54H101NO18. The predicted octanol–water partition coefficient (Wildman–Crippen LogP) is 3.82. The number of rotatable bonds is 41. The molecule has 430 valence electrons. The fourth-order valence-electron chi connectivity index (χ4n) is 9.71. The second-order valence-electron chi connectivity index (χ2n) is 20.5. The van der Waals surface area contributed by atoms with Crippen LogP contribution in [0.1, 0.15) is 198 Å². The number of ether oxygens (including phenoxy) is 6. The summed E-state index contributed by atoms with van der Waals surface area (Å²) in [6.45, 7) is -2.41. The molecule has 1 amide bonds. The Morgan fingerprint density at radius 3 is 1.38 bits per heavy atom. The number of aliphatic hydroxyl groups excluding tert-OH is 11. The molecule has 3 aliphatic rings. The van der Waals surface area contributed by atoms with Gasteiger partial charge in [0.25, 0.3) is 0 Å². The number of unbranched alkanes of at least 4 members (excludes halogenated alkanes) is 24. The molecule has 19 heteroatoms. The Labute approximate surface area is 440 Å². The lowest BCUT2D eigenvalue weighted by atomic mass is 9.96. The number of aliphatic hydroxyl groups is 11. The largest absolute Gasteiger partial charge is 0.394 e. The molecule has 0 aromatic heterocycles. The van der Waals surface area contributed by atoms with Crippen LogP contribution in [-0.4, -0.2) is 193 Å². The number of hydrogen-bond acceptors (Lipinski definition) is 18. The molecule has 3 aliphatic heterocycles. The maximum absolute atomic E-state index is 13.3. The lowest BCUT2D eigenvalue weighted by Gasteiger charge is -2.48. The van der Waals surface area contributed by atoms with Crippen molar-refractivity contribution < 1.29 is 93.5 Å². The van der Waals surface area contributed by atoms with Crippen molar-refractivity contribution in [2.24, 2.45) is 0 Å². The smallest absolute Gasteiger partial charge is 0.220 e. The molecule has 0 aliphatic carbocycles. The molecule has 0 aromatic carbocycles. The van der Waals surface area contributed by atoms with Gasteiger partial charge in [-0.15, -0.1) is 0 Å². The number of carbonyl (C=O) groups is 1. The van der Waals surface area contributed by atoms with E-state index in [2.05, 4.69) is 12.2 Å². The summed E-state index contributed by atoms with van der Waals surface area (Å²) in [4.78, 5) is 13.3. The van der Waals surface area contributed by atoms with Crippen LogP contribution in [0, 0.1) is 0 Å². The molecule has 0 saturated carbocycles. The third-order valence-electron chi connectivity index (χ3n) is 14.4. The minimum absolute atomic E-state index is 0.219. The van der Waals surface area contributed by atoms with Gasteiger partial charge in [-0.2, -0.15) is 0 Å². The van der Waals surface area contributed by atoms with Crippen molar-refractivity contribution in [2.45, 2.75) is 298 Å². The van der Waals surface area contributed by atoms with Crippen LogP contribution in [-0.2, 0) is 33.2 Å². The van der Waals surface area contributed by atoms with Crippen molar-refractivity contribution in [1.82, 2.24) is 5.32 Å². The second-order valence-corrected chi connectivity index (χ2v) is 20.5. The normalized spacial score (nSPS) is 32.5. The molecular weight excluding hydrogens is 951 g/mol. The summed E-state index contributed by atoms with van der Waals surface area (Å²) in [6, 6.07) is -0.988. The van der Waals surface area contributed by atoms with Crippen LogP contribution < -0.4 is 5.32 Å². The fraction of sp³-hybridized carbons (Fsp3) is 0.944. The molecule has 0 bridgehead atoms. The Kier molecular flexibility index (Phi) is 32.4. The van der Waals surface area contributed by atoms with E-state index >= 15 is 0 Å². The van der Waals surface area contributed by atoms with Crippen LogP contribution in [0.2, 0.25) is 0 Å². The maximum atomic E-state index is 13.3. The summed E-state index contributed by atoms with van der Waals surface area (Å²) in [7, 11) is 0. The van der Waals surface area contributed by atoms with E-state index in [4.69, 9.17) is 32.5 Å². The zero-order valence-corrected chi connectivity index (χ0v) is 43.9. The summed E-state index contributed by atoms with van der Waals surface area (Å²) >= 11 is 0. The Morgan fingerprint density at radius 1 is 0.521 bits per heavy atom. The number of allylic oxidation sites excluding steroid dienone is 1. The van der Waals surface area contributed by atoms with Gasteiger partial charge >= 0.3 is 0 Å². The standard InChI is InChI=1S/C54H101NO18/c1-3-5-7-9-11-13-15-17-18-20-22-24-26-28-30-32-42(60)55-37(38(59)31-29-27-25-23-21-19-16-14-12-10-8-6-4-2)36-68-52-48(66)45(63)50(40(34-57)70-52)73-54-49(67)46(64)51(41(35-58)71-54)72-53-47(65)44(62)43(61)39(33-56)69-53/h29,31,37-41,43-54,56-59,61-67H,3-28,30,32-36H2,1-2H3,(H,55,60)/b31-29+/t37-,38+,39+,40+,41+,43-,44-,45+,46+,47+,48+,49+,50+,51-,52+,53+,54-/m0/s1/i1D3. The molecule has 3 rings (SSSR count). The highest BCUT2D eigenvalue weighted by Crippen LogP contribution is 2.33. The number of hydrogen-bond donors (Lipinski definition) is 12. The van der Waals surface area contributed by atoms with Crippen LogP contribution >= 0.6 is 0 Å². The average molecular weight is 1060 g/mol. The van der Waals surface area contributed by atoms with Gasteiger partial charge in [0.05, 0.1) is 38.6 Å². The van der Waals surface area contributed by atoms with E-state index in [9.17, 15) is 61.0 Å². The Balaban J connectivity index is 1.51. The molecule has 0 spiro atoms. The van der Waals surface area contributed by atoms with Gasteiger partial charge in [-0.3, -0.25) is 4.79 Å². The van der Waals surface area contributed by atoms with Gasteiger partial charge in [0.1, 0.15) is 73.2 Å². The van der Waals surface area contributed by atoms with Crippen LogP contribution in [0.5, 0.6) is 0 Å². The van der Waals surface area contributed by atoms with E-state index in [1.165, 1.54) is 77.0 Å². The van der Waals surface area contributed by atoms with E-state index in [1.807, 2.05) is 6.08 Å². The lowest BCUT2D eigenvalue weighted by molar-refractivity contribution is -0.379.